The number of carbonyl (C=O) groups excluding carboxylic acids is 1. The minimum Gasteiger partial charge on any atom is -0.355 e. The summed E-state index contributed by atoms with van der Waals surface area (Å²) in [6, 6.07) is 12.3. The standard InChI is InChI=1S/C18H19Cl2FN2O/c1-12(14-9-17(21)16(20)10-15(14)19)23-11-18(24)22-8-7-13-5-3-2-4-6-13/h2-6,9-10,12,23H,7-8,11H2,1H3,(H,22,24)/t12-/m1/s1. The van der Waals surface area contributed by atoms with Gasteiger partial charge in [0.05, 0.1) is 11.6 Å². The first-order chi connectivity index (χ1) is 11.5. The molecule has 0 saturated heterocycles. The topological polar surface area (TPSA) is 41.1 Å². The van der Waals surface area contributed by atoms with Crippen molar-refractivity contribution in [2.75, 3.05) is 13.1 Å². The highest BCUT2D eigenvalue weighted by atomic mass is 35.5. The van der Waals surface area contributed by atoms with Crippen molar-refractivity contribution in [2.24, 2.45) is 0 Å². The molecule has 0 aromatic heterocycles. The summed E-state index contributed by atoms with van der Waals surface area (Å²) in [4.78, 5) is 11.9. The summed E-state index contributed by atoms with van der Waals surface area (Å²) in [5, 5.41) is 6.22. The Kier molecular flexibility index (Phi) is 7.03. The normalized spacial score (nSPS) is 12.0. The molecule has 0 aliphatic heterocycles. The summed E-state index contributed by atoms with van der Waals surface area (Å²) in [7, 11) is 0. The highest BCUT2D eigenvalue weighted by Crippen LogP contribution is 2.28. The number of rotatable bonds is 7. The first-order valence-electron chi connectivity index (χ1n) is 7.66. The van der Waals surface area contributed by atoms with Crippen LogP contribution in [0.25, 0.3) is 0 Å². The van der Waals surface area contributed by atoms with E-state index in [2.05, 4.69) is 10.6 Å². The Bertz CT molecular complexity index is 695. The van der Waals surface area contributed by atoms with Crippen LogP contribution in [0, 0.1) is 5.82 Å². The molecular formula is C18H19Cl2FN2O. The first-order valence-corrected chi connectivity index (χ1v) is 8.41. The lowest BCUT2D eigenvalue weighted by atomic mass is 10.1. The Morgan fingerprint density at radius 3 is 2.58 bits per heavy atom. The molecule has 0 aliphatic rings. The van der Waals surface area contributed by atoms with Crippen molar-refractivity contribution in [3.63, 3.8) is 0 Å². The predicted octanol–water partition coefficient (Wildman–Crippen LogP) is 4.14. The zero-order valence-electron chi connectivity index (χ0n) is 13.3. The molecule has 24 heavy (non-hydrogen) atoms. The van der Waals surface area contributed by atoms with Crippen LogP contribution in [-0.4, -0.2) is 19.0 Å². The Morgan fingerprint density at radius 1 is 1.17 bits per heavy atom. The largest absolute Gasteiger partial charge is 0.355 e. The molecule has 0 bridgehead atoms. The van der Waals surface area contributed by atoms with E-state index in [0.717, 1.165) is 6.42 Å². The number of halogens is 3. The zero-order valence-corrected chi connectivity index (χ0v) is 14.8. The number of carbonyl (C=O) groups is 1. The fraction of sp³-hybridized carbons (Fsp3) is 0.278. The number of nitrogens with one attached hydrogen (secondary N) is 2. The van der Waals surface area contributed by atoms with Gasteiger partial charge >= 0.3 is 0 Å². The van der Waals surface area contributed by atoms with E-state index in [4.69, 9.17) is 23.2 Å². The van der Waals surface area contributed by atoms with Gasteiger partial charge in [-0.2, -0.15) is 0 Å². The van der Waals surface area contributed by atoms with E-state index < -0.39 is 5.82 Å². The third-order valence-electron chi connectivity index (χ3n) is 3.65. The summed E-state index contributed by atoms with van der Waals surface area (Å²) in [6.07, 6.45) is 0.774. The molecule has 0 fully saturated rings. The lowest BCUT2D eigenvalue weighted by Gasteiger charge is -2.16. The van der Waals surface area contributed by atoms with Gasteiger partial charge in [0.1, 0.15) is 5.82 Å². The van der Waals surface area contributed by atoms with Crippen molar-refractivity contribution < 1.29 is 9.18 Å². The highest BCUT2D eigenvalue weighted by Gasteiger charge is 2.14. The van der Waals surface area contributed by atoms with Gasteiger partial charge in [-0.05, 0) is 36.6 Å². The summed E-state index contributed by atoms with van der Waals surface area (Å²) in [5.74, 6) is -0.652. The molecule has 0 aliphatic carbocycles. The molecule has 2 aromatic carbocycles. The molecule has 0 unspecified atom stereocenters. The van der Waals surface area contributed by atoms with Crippen LogP contribution >= 0.6 is 23.2 Å². The van der Waals surface area contributed by atoms with Crippen molar-refractivity contribution in [3.8, 4) is 0 Å². The van der Waals surface area contributed by atoms with E-state index in [1.165, 1.54) is 17.7 Å². The van der Waals surface area contributed by atoms with Crippen LogP contribution in [0.15, 0.2) is 42.5 Å². The maximum absolute atomic E-state index is 13.5. The summed E-state index contributed by atoms with van der Waals surface area (Å²) in [6.45, 7) is 2.50. The third kappa shape index (κ3) is 5.48. The number of hydrogen-bond donors (Lipinski definition) is 2. The van der Waals surface area contributed by atoms with E-state index in [9.17, 15) is 9.18 Å². The number of hydrogen-bond acceptors (Lipinski definition) is 2. The van der Waals surface area contributed by atoms with E-state index in [-0.39, 0.29) is 23.5 Å². The molecular weight excluding hydrogens is 350 g/mol. The van der Waals surface area contributed by atoms with Crippen LogP contribution in [-0.2, 0) is 11.2 Å². The van der Waals surface area contributed by atoms with Gasteiger partial charge in [-0.15, -0.1) is 0 Å². The van der Waals surface area contributed by atoms with Crippen molar-refractivity contribution >= 4 is 29.1 Å². The van der Waals surface area contributed by atoms with Gasteiger partial charge in [-0.3, -0.25) is 4.79 Å². The van der Waals surface area contributed by atoms with Crippen molar-refractivity contribution in [1.82, 2.24) is 10.6 Å². The van der Waals surface area contributed by atoms with Crippen LogP contribution < -0.4 is 10.6 Å². The second kappa shape index (κ2) is 9.02. The molecule has 0 radical (unpaired) electrons. The minimum atomic E-state index is -0.531. The van der Waals surface area contributed by atoms with Gasteiger partial charge in [-0.1, -0.05) is 53.5 Å². The lowest BCUT2D eigenvalue weighted by Crippen LogP contribution is -2.36. The van der Waals surface area contributed by atoms with Gasteiger partial charge in [0, 0.05) is 17.6 Å². The average Bonchev–Trinajstić information content (AvgIpc) is 2.57. The second-order valence-electron chi connectivity index (χ2n) is 5.48. The van der Waals surface area contributed by atoms with Gasteiger partial charge < -0.3 is 10.6 Å². The Balaban J connectivity index is 1.78. The molecule has 2 N–H and O–H groups in total. The van der Waals surface area contributed by atoms with Gasteiger partial charge in [-0.25, -0.2) is 4.39 Å². The summed E-state index contributed by atoms with van der Waals surface area (Å²) < 4.78 is 13.5. The fourth-order valence-corrected chi connectivity index (χ4v) is 2.83. The molecule has 2 aromatic rings. The molecule has 0 heterocycles. The van der Waals surface area contributed by atoms with Gasteiger partial charge in [0.2, 0.25) is 5.91 Å². The smallest absolute Gasteiger partial charge is 0.233 e. The summed E-state index contributed by atoms with van der Waals surface area (Å²) >= 11 is 11.8. The van der Waals surface area contributed by atoms with Crippen molar-refractivity contribution in [1.29, 1.82) is 0 Å². The third-order valence-corrected chi connectivity index (χ3v) is 4.27. The Hall–Kier alpha value is -1.62. The van der Waals surface area contributed by atoms with Crippen LogP contribution in [0.4, 0.5) is 4.39 Å². The molecule has 6 heteroatoms. The molecule has 3 nitrogen and oxygen atoms in total. The van der Waals surface area contributed by atoms with Crippen LogP contribution in [0.1, 0.15) is 24.1 Å². The van der Waals surface area contributed by atoms with Crippen molar-refractivity contribution in [3.05, 3.63) is 69.5 Å². The Labute approximate surface area is 151 Å². The quantitative estimate of drug-likeness (QED) is 0.721. The number of amides is 1. The highest BCUT2D eigenvalue weighted by molar-refractivity contribution is 6.35. The Morgan fingerprint density at radius 2 is 1.88 bits per heavy atom. The molecule has 1 atom stereocenters. The molecule has 0 saturated carbocycles. The molecule has 2 rings (SSSR count). The van der Waals surface area contributed by atoms with Gasteiger partial charge in [0.25, 0.3) is 0 Å². The van der Waals surface area contributed by atoms with Gasteiger partial charge in [0.15, 0.2) is 0 Å². The van der Waals surface area contributed by atoms with E-state index in [1.54, 1.807) is 0 Å². The van der Waals surface area contributed by atoms with E-state index >= 15 is 0 Å². The minimum absolute atomic E-state index is 0.0189. The van der Waals surface area contributed by atoms with Crippen LogP contribution in [0.2, 0.25) is 10.0 Å². The van der Waals surface area contributed by atoms with Crippen LogP contribution in [0.3, 0.4) is 0 Å². The first kappa shape index (κ1) is 18.7. The molecule has 0 spiro atoms. The monoisotopic (exact) mass is 368 g/mol. The van der Waals surface area contributed by atoms with E-state index in [1.807, 2.05) is 37.3 Å². The molecule has 128 valence electrons. The summed E-state index contributed by atoms with van der Waals surface area (Å²) in [5.41, 5.74) is 1.73. The molecule has 1 amide bonds. The number of benzene rings is 2. The fourth-order valence-electron chi connectivity index (χ4n) is 2.28. The van der Waals surface area contributed by atoms with E-state index in [0.29, 0.717) is 17.1 Å². The zero-order chi connectivity index (χ0) is 17.5. The lowest BCUT2D eigenvalue weighted by molar-refractivity contribution is -0.120. The average molecular weight is 369 g/mol. The predicted molar refractivity (Wildman–Crippen MR) is 96.0 cm³/mol. The maximum Gasteiger partial charge on any atom is 0.233 e. The maximum atomic E-state index is 13.5. The second-order valence-corrected chi connectivity index (χ2v) is 6.29. The van der Waals surface area contributed by atoms with Crippen LogP contribution in [0.5, 0.6) is 0 Å². The van der Waals surface area contributed by atoms with Crippen molar-refractivity contribution in [2.45, 2.75) is 19.4 Å². The SMILES string of the molecule is C[C@@H](NCC(=O)NCCc1ccccc1)c1cc(F)c(Cl)cc1Cl.